The van der Waals surface area contributed by atoms with Crippen LogP contribution in [0.1, 0.15) is 41.2 Å². The van der Waals surface area contributed by atoms with E-state index in [1.165, 1.54) is 11.3 Å². The predicted octanol–water partition coefficient (Wildman–Crippen LogP) is 2.84. The Labute approximate surface area is 125 Å². The van der Waals surface area contributed by atoms with Crippen LogP contribution in [0.5, 0.6) is 0 Å². The quantitative estimate of drug-likeness (QED) is 0.593. The molecular formula is C13H22ClN3OS. The highest BCUT2D eigenvalue weighted by molar-refractivity contribution is 7.09. The van der Waals surface area contributed by atoms with Gasteiger partial charge in [-0.1, -0.05) is 12.5 Å². The molecule has 0 aliphatic rings. The van der Waals surface area contributed by atoms with Crippen LogP contribution in [0.4, 0.5) is 0 Å². The van der Waals surface area contributed by atoms with Gasteiger partial charge in [0.1, 0.15) is 10.7 Å². The molecule has 1 aromatic heterocycles. The average Bonchev–Trinajstić information content (AvgIpc) is 2.86. The molecule has 0 fully saturated rings. The van der Waals surface area contributed by atoms with Crippen molar-refractivity contribution in [1.29, 1.82) is 0 Å². The van der Waals surface area contributed by atoms with E-state index in [2.05, 4.69) is 11.6 Å². The first-order valence-electron chi connectivity index (χ1n) is 6.20. The lowest BCUT2D eigenvalue weighted by Gasteiger charge is -2.15. The standard InChI is InChI=1S/C13H21N3OS.ClH/c1-3-4-5-6-7-8-16(2)13(17)11-10-18-12(9-14)15-11;/h3,10H,1,4-9,14H2,2H3;1H. The summed E-state index contributed by atoms with van der Waals surface area (Å²) < 4.78 is 0. The Bertz CT molecular complexity index is 395. The highest BCUT2D eigenvalue weighted by atomic mass is 35.5. The first-order valence-corrected chi connectivity index (χ1v) is 7.07. The first-order chi connectivity index (χ1) is 8.69. The summed E-state index contributed by atoms with van der Waals surface area (Å²) in [6.45, 7) is 4.85. The zero-order chi connectivity index (χ0) is 13.4. The van der Waals surface area contributed by atoms with Gasteiger partial charge in [0, 0.05) is 25.5 Å². The maximum atomic E-state index is 12.0. The van der Waals surface area contributed by atoms with Gasteiger partial charge >= 0.3 is 0 Å². The number of nitrogens with zero attached hydrogens (tertiary/aromatic N) is 2. The SMILES string of the molecule is C=CCCCCCN(C)C(=O)c1csc(CN)n1.Cl. The zero-order valence-electron chi connectivity index (χ0n) is 11.3. The number of carbonyl (C=O) groups is 1. The Kier molecular flexibility index (Phi) is 9.47. The van der Waals surface area contributed by atoms with Crippen molar-refractivity contribution in [2.24, 2.45) is 5.73 Å². The number of amides is 1. The fraction of sp³-hybridized carbons (Fsp3) is 0.538. The Balaban J connectivity index is 0.00000324. The number of hydrogen-bond donors (Lipinski definition) is 1. The zero-order valence-corrected chi connectivity index (χ0v) is 12.9. The van der Waals surface area contributed by atoms with Crippen LogP contribution in [0.3, 0.4) is 0 Å². The molecular weight excluding hydrogens is 282 g/mol. The molecule has 1 aromatic rings. The summed E-state index contributed by atoms with van der Waals surface area (Å²) in [5.74, 6) is -0.0188. The van der Waals surface area contributed by atoms with Crippen molar-refractivity contribution in [3.63, 3.8) is 0 Å². The number of unbranched alkanes of at least 4 members (excludes halogenated alkanes) is 3. The molecule has 0 atom stereocenters. The van der Waals surface area contributed by atoms with E-state index in [0.717, 1.165) is 37.2 Å². The summed E-state index contributed by atoms with van der Waals surface area (Å²) >= 11 is 1.44. The number of hydrogen-bond acceptors (Lipinski definition) is 4. The molecule has 0 saturated carbocycles. The fourth-order valence-corrected chi connectivity index (χ4v) is 2.26. The average molecular weight is 304 g/mol. The second-order valence-electron chi connectivity index (χ2n) is 4.20. The van der Waals surface area contributed by atoms with E-state index in [9.17, 15) is 4.79 Å². The van der Waals surface area contributed by atoms with Gasteiger partial charge in [-0.05, 0) is 19.3 Å². The molecule has 2 N–H and O–H groups in total. The van der Waals surface area contributed by atoms with Gasteiger partial charge in [0.25, 0.3) is 5.91 Å². The smallest absolute Gasteiger partial charge is 0.273 e. The number of halogens is 1. The molecule has 0 aliphatic heterocycles. The molecule has 0 aromatic carbocycles. The third-order valence-corrected chi connectivity index (χ3v) is 3.57. The predicted molar refractivity (Wildman–Crippen MR) is 82.9 cm³/mol. The van der Waals surface area contributed by atoms with Crippen molar-refractivity contribution >= 4 is 29.7 Å². The molecule has 6 heteroatoms. The van der Waals surface area contributed by atoms with E-state index in [1.54, 1.807) is 10.3 Å². The Morgan fingerprint density at radius 3 is 2.84 bits per heavy atom. The van der Waals surface area contributed by atoms with Crippen molar-refractivity contribution in [2.45, 2.75) is 32.2 Å². The van der Waals surface area contributed by atoms with E-state index in [1.807, 2.05) is 13.1 Å². The summed E-state index contributed by atoms with van der Waals surface area (Å²) in [4.78, 5) is 17.9. The van der Waals surface area contributed by atoms with E-state index >= 15 is 0 Å². The van der Waals surface area contributed by atoms with Gasteiger partial charge in [-0.3, -0.25) is 4.79 Å². The number of allylic oxidation sites excluding steroid dienone is 1. The molecule has 0 spiro atoms. The summed E-state index contributed by atoms with van der Waals surface area (Å²) in [5.41, 5.74) is 5.99. The minimum Gasteiger partial charge on any atom is -0.340 e. The Morgan fingerprint density at radius 1 is 1.53 bits per heavy atom. The molecule has 1 rings (SSSR count). The van der Waals surface area contributed by atoms with Crippen LogP contribution < -0.4 is 5.73 Å². The van der Waals surface area contributed by atoms with Crippen molar-refractivity contribution in [1.82, 2.24) is 9.88 Å². The van der Waals surface area contributed by atoms with Gasteiger partial charge in [0.05, 0.1) is 0 Å². The molecule has 0 aliphatic carbocycles. The van der Waals surface area contributed by atoms with Crippen LogP contribution in [0, 0.1) is 0 Å². The maximum absolute atomic E-state index is 12.0. The number of thiazole rings is 1. The number of aromatic nitrogens is 1. The second kappa shape index (κ2) is 9.95. The van der Waals surface area contributed by atoms with Gasteiger partial charge < -0.3 is 10.6 Å². The topological polar surface area (TPSA) is 59.2 Å². The highest BCUT2D eigenvalue weighted by Gasteiger charge is 2.14. The van der Waals surface area contributed by atoms with Crippen LogP contribution in [-0.4, -0.2) is 29.4 Å². The molecule has 0 radical (unpaired) electrons. The van der Waals surface area contributed by atoms with Crippen LogP contribution >= 0.6 is 23.7 Å². The minimum absolute atomic E-state index is 0. The molecule has 1 heterocycles. The molecule has 0 bridgehead atoms. The monoisotopic (exact) mass is 303 g/mol. The number of carbonyl (C=O) groups excluding carboxylic acids is 1. The summed E-state index contributed by atoms with van der Waals surface area (Å²) in [6.07, 6.45) is 6.25. The molecule has 0 saturated heterocycles. The summed E-state index contributed by atoms with van der Waals surface area (Å²) in [7, 11) is 1.82. The molecule has 108 valence electrons. The summed E-state index contributed by atoms with van der Waals surface area (Å²) in [5, 5.41) is 2.58. The number of rotatable bonds is 8. The third kappa shape index (κ3) is 6.18. The molecule has 0 unspecified atom stereocenters. The van der Waals surface area contributed by atoms with Crippen LogP contribution in [0.25, 0.3) is 0 Å². The normalized spacial score (nSPS) is 9.79. The van der Waals surface area contributed by atoms with Crippen LogP contribution in [-0.2, 0) is 6.54 Å². The molecule has 4 nitrogen and oxygen atoms in total. The van der Waals surface area contributed by atoms with Gasteiger partial charge in [0.15, 0.2) is 0 Å². The van der Waals surface area contributed by atoms with E-state index in [0.29, 0.717) is 12.2 Å². The van der Waals surface area contributed by atoms with Gasteiger partial charge in [-0.2, -0.15) is 0 Å². The van der Waals surface area contributed by atoms with Crippen LogP contribution in [0.15, 0.2) is 18.0 Å². The highest BCUT2D eigenvalue weighted by Crippen LogP contribution is 2.11. The number of nitrogens with two attached hydrogens (primary N) is 1. The lowest BCUT2D eigenvalue weighted by molar-refractivity contribution is 0.0787. The molecule has 1 amide bonds. The van der Waals surface area contributed by atoms with Crippen molar-refractivity contribution in [2.75, 3.05) is 13.6 Å². The van der Waals surface area contributed by atoms with Gasteiger partial charge in [-0.25, -0.2) is 4.98 Å². The Morgan fingerprint density at radius 2 is 2.26 bits per heavy atom. The fourth-order valence-electron chi connectivity index (χ4n) is 1.61. The van der Waals surface area contributed by atoms with E-state index in [4.69, 9.17) is 5.73 Å². The van der Waals surface area contributed by atoms with E-state index < -0.39 is 0 Å². The van der Waals surface area contributed by atoms with Gasteiger partial charge in [0.2, 0.25) is 0 Å². The van der Waals surface area contributed by atoms with Crippen molar-refractivity contribution in [3.8, 4) is 0 Å². The van der Waals surface area contributed by atoms with E-state index in [-0.39, 0.29) is 18.3 Å². The first kappa shape index (κ1) is 18.1. The molecule has 19 heavy (non-hydrogen) atoms. The van der Waals surface area contributed by atoms with Crippen molar-refractivity contribution < 1.29 is 4.79 Å². The summed E-state index contributed by atoms with van der Waals surface area (Å²) in [6, 6.07) is 0. The largest absolute Gasteiger partial charge is 0.340 e. The maximum Gasteiger partial charge on any atom is 0.273 e. The lowest BCUT2D eigenvalue weighted by atomic mass is 10.2. The van der Waals surface area contributed by atoms with Gasteiger partial charge in [-0.15, -0.1) is 30.3 Å². The second-order valence-corrected chi connectivity index (χ2v) is 5.14. The lowest BCUT2D eigenvalue weighted by Crippen LogP contribution is -2.28. The van der Waals surface area contributed by atoms with Crippen LogP contribution in [0.2, 0.25) is 0 Å². The minimum atomic E-state index is -0.0188. The Hall–Kier alpha value is -0.910. The van der Waals surface area contributed by atoms with Crippen molar-refractivity contribution in [3.05, 3.63) is 28.7 Å². The third-order valence-electron chi connectivity index (χ3n) is 2.69.